The number of carbonyl (C=O) groups is 1. The summed E-state index contributed by atoms with van der Waals surface area (Å²) in [6.07, 6.45) is 4.26. The van der Waals surface area contributed by atoms with Crippen LogP contribution in [0.3, 0.4) is 0 Å². The van der Waals surface area contributed by atoms with Gasteiger partial charge in [-0.2, -0.15) is 0 Å². The minimum Gasteiger partial charge on any atom is -0.459 e. The van der Waals surface area contributed by atoms with E-state index in [9.17, 15) is 4.79 Å². The molecular formula is C21H33IN4O3. The summed E-state index contributed by atoms with van der Waals surface area (Å²) in [7, 11) is 0. The van der Waals surface area contributed by atoms with Crippen LogP contribution in [0.1, 0.15) is 44.2 Å². The Bertz CT molecular complexity index is 714. The van der Waals surface area contributed by atoms with Gasteiger partial charge in [0.25, 0.3) is 5.91 Å². The van der Waals surface area contributed by atoms with Gasteiger partial charge in [-0.3, -0.25) is 9.79 Å². The van der Waals surface area contributed by atoms with Gasteiger partial charge in [-0.05, 0) is 31.9 Å². The topological polar surface area (TPSA) is 70.3 Å². The molecule has 1 N–H and O–H groups in total. The van der Waals surface area contributed by atoms with Gasteiger partial charge in [0.15, 0.2) is 11.7 Å². The number of halogens is 1. The summed E-state index contributed by atoms with van der Waals surface area (Å²) in [5.41, 5.74) is 0.108. The van der Waals surface area contributed by atoms with Gasteiger partial charge in [-0.25, -0.2) is 0 Å². The second-order valence-corrected chi connectivity index (χ2v) is 8.60. The summed E-state index contributed by atoms with van der Waals surface area (Å²) in [6.45, 7) is 11.2. The third-order valence-electron chi connectivity index (χ3n) is 6.52. The fraction of sp³-hybridized carbons (Fsp3) is 0.714. The normalized spacial score (nSPS) is 28.8. The van der Waals surface area contributed by atoms with Crippen LogP contribution in [0.5, 0.6) is 0 Å². The zero-order valence-corrected chi connectivity index (χ0v) is 19.9. The summed E-state index contributed by atoms with van der Waals surface area (Å²) in [4.78, 5) is 21.4. The number of piperazine rings is 1. The molecule has 8 heteroatoms. The van der Waals surface area contributed by atoms with Crippen LogP contribution >= 0.6 is 24.0 Å². The molecule has 0 radical (unpaired) electrons. The van der Waals surface area contributed by atoms with Crippen molar-refractivity contribution in [3.63, 3.8) is 0 Å². The van der Waals surface area contributed by atoms with Crippen LogP contribution in [0.2, 0.25) is 0 Å². The van der Waals surface area contributed by atoms with Crippen molar-refractivity contribution in [2.75, 3.05) is 39.3 Å². The third kappa shape index (κ3) is 4.28. The minimum absolute atomic E-state index is 0. The van der Waals surface area contributed by atoms with E-state index >= 15 is 0 Å². The molecule has 3 unspecified atom stereocenters. The van der Waals surface area contributed by atoms with Crippen LogP contribution in [0.25, 0.3) is 0 Å². The van der Waals surface area contributed by atoms with Crippen LogP contribution in [0.4, 0.5) is 0 Å². The van der Waals surface area contributed by atoms with Crippen molar-refractivity contribution in [3.8, 4) is 0 Å². The van der Waals surface area contributed by atoms with Gasteiger partial charge in [-0.15, -0.1) is 24.0 Å². The number of hydrogen-bond donors (Lipinski definition) is 1. The molecule has 7 nitrogen and oxygen atoms in total. The van der Waals surface area contributed by atoms with Crippen LogP contribution in [0, 0.1) is 11.3 Å². The number of amides is 1. The van der Waals surface area contributed by atoms with Gasteiger partial charge in [0.05, 0.1) is 12.4 Å². The number of ether oxygens (including phenoxy) is 1. The molecule has 0 aromatic carbocycles. The molecule has 1 saturated carbocycles. The maximum Gasteiger partial charge on any atom is 0.289 e. The molecule has 29 heavy (non-hydrogen) atoms. The van der Waals surface area contributed by atoms with Crippen molar-refractivity contribution in [1.29, 1.82) is 0 Å². The first-order chi connectivity index (χ1) is 13.5. The Morgan fingerprint density at radius 1 is 1.28 bits per heavy atom. The number of guanidine groups is 1. The number of hydrogen-bond acceptors (Lipinski definition) is 4. The Morgan fingerprint density at radius 3 is 2.66 bits per heavy atom. The molecule has 0 bridgehead atoms. The fourth-order valence-electron chi connectivity index (χ4n) is 5.02. The van der Waals surface area contributed by atoms with E-state index in [0.717, 1.165) is 38.6 Å². The number of rotatable bonds is 3. The van der Waals surface area contributed by atoms with Gasteiger partial charge >= 0.3 is 0 Å². The number of furan rings is 1. The van der Waals surface area contributed by atoms with Crippen LogP contribution in [0.15, 0.2) is 27.8 Å². The van der Waals surface area contributed by atoms with Crippen molar-refractivity contribution in [2.24, 2.45) is 16.3 Å². The second kappa shape index (κ2) is 9.24. The molecule has 1 aromatic rings. The monoisotopic (exact) mass is 516 g/mol. The summed E-state index contributed by atoms with van der Waals surface area (Å²) < 4.78 is 11.3. The van der Waals surface area contributed by atoms with E-state index in [0.29, 0.717) is 36.9 Å². The van der Waals surface area contributed by atoms with E-state index in [4.69, 9.17) is 14.1 Å². The predicted octanol–water partition coefficient (Wildman–Crippen LogP) is 2.82. The van der Waals surface area contributed by atoms with Crippen molar-refractivity contribution >= 4 is 35.8 Å². The summed E-state index contributed by atoms with van der Waals surface area (Å²) in [6, 6.07) is 3.86. The second-order valence-electron chi connectivity index (χ2n) is 8.60. The van der Waals surface area contributed by atoms with Crippen molar-refractivity contribution in [1.82, 2.24) is 15.1 Å². The first kappa shape index (κ1) is 22.4. The highest BCUT2D eigenvalue weighted by Gasteiger charge is 2.58. The van der Waals surface area contributed by atoms with Gasteiger partial charge in [-0.1, -0.05) is 13.8 Å². The van der Waals surface area contributed by atoms with Crippen molar-refractivity contribution < 1.29 is 13.9 Å². The van der Waals surface area contributed by atoms with E-state index in [1.54, 1.807) is 18.4 Å². The smallest absolute Gasteiger partial charge is 0.289 e. The van der Waals surface area contributed by atoms with Gasteiger partial charge in [0, 0.05) is 56.7 Å². The SMILES string of the molecule is CCN=C(NC1C2CCCOC2C1(C)C)N1CCN(C(=O)c2ccco2)CC1.I. The fourth-order valence-corrected chi connectivity index (χ4v) is 5.02. The molecule has 2 aliphatic heterocycles. The molecule has 1 aromatic heterocycles. The molecule has 0 spiro atoms. The number of nitrogens with zero attached hydrogens (tertiary/aromatic N) is 3. The summed E-state index contributed by atoms with van der Waals surface area (Å²) in [5.74, 6) is 1.91. The maximum absolute atomic E-state index is 12.5. The lowest BCUT2D eigenvalue weighted by molar-refractivity contribution is -0.188. The minimum atomic E-state index is -0.0334. The highest BCUT2D eigenvalue weighted by molar-refractivity contribution is 14.0. The zero-order valence-electron chi connectivity index (χ0n) is 17.6. The standard InChI is InChI=1S/C21H32N4O3.HI/c1-4-22-20(23-17-15-7-5-14-28-18(15)21(17,2)3)25-11-9-24(10-12-25)19(26)16-8-6-13-27-16;/h6,8,13,15,17-18H,4-5,7,9-12,14H2,1-3H3,(H,22,23);1H. The van der Waals surface area contributed by atoms with Gasteiger partial charge in [0.2, 0.25) is 0 Å². The highest BCUT2D eigenvalue weighted by Crippen LogP contribution is 2.51. The largest absolute Gasteiger partial charge is 0.459 e. The van der Waals surface area contributed by atoms with E-state index in [-0.39, 0.29) is 35.3 Å². The Balaban J connectivity index is 0.00000240. The van der Waals surface area contributed by atoms with Crippen LogP contribution < -0.4 is 5.32 Å². The summed E-state index contributed by atoms with van der Waals surface area (Å²) >= 11 is 0. The first-order valence-electron chi connectivity index (χ1n) is 10.5. The van der Waals surface area contributed by atoms with E-state index in [2.05, 4.69) is 31.0 Å². The average molecular weight is 516 g/mol. The Morgan fingerprint density at radius 2 is 2.00 bits per heavy atom. The molecule has 3 heterocycles. The lowest BCUT2D eigenvalue weighted by Gasteiger charge is -2.60. The summed E-state index contributed by atoms with van der Waals surface area (Å²) in [5, 5.41) is 3.76. The van der Waals surface area contributed by atoms with E-state index in [1.165, 1.54) is 6.42 Å². The van der Waals surface area contributed by atoms with Gasteiger partial charge < -0.3 is 24.3 Å². The molecule has 3 atom stereocenters. The first-order valence-corrected chi connectivity index (χ1v) is 10.5. The van der Waals surface area contributed by atoms with Crippen LogP contribution in [-0.4, -0.2) is 73.1 Å². The number of carbonyl (C=O) groups excluding carboxylic acids is 1. The molecule has 3 fully saturated rings. The van der Waals surface area contributed by atoms with Gasteiger partial charge in [0.1, 0.15) is 0 Å². The lowest BCUT2D eigenvalue weighted by Crippen LogP contribution is -2.71. The number of aliphatic imine (C=N–C) groups is 1. The van der Waals surface area contributed by atoms with E-state index in [1.807, 2.05) is 4.90 Å². The molecule has 1 amide bonds. The van der Waals surface area contributed by atoms with Crippen molar-refractivity contribution in [2.45, 2.75) is 45.8 Å². The maximum atomic E-state index is 12.5. The molecule has 162 valence electrons. The third-order valence-corrected chi connectivity index (χ3v) is 6.52. The Labute approximate surface area is 190 Å². The zero-order chi connectivity index (χ0) is 19.7. The predicted molar refractivity (Wildman–Crippen MR) is 123 cm³/mol. The molecular weight excluding hydrogens is 483 g/mol. The molecule has 3 aliphatic rings. The number of fused-ring (bicyclic) bond motifs is 1. The lowest BCUT2D eigenvalue weighted by atomic mass is 9.55. The molecule has 1 aliphatic carbocycles. The molecule has 4 rings (SSSR count). The Kier molecular flexibility index (Phi) is 7.14. The number of nitrogens with one attached hydrogen (secondary N) is 1. The quantitative estimate of drug-likeness (QED) is 0.380. The molecule has 2 saturated heterocycles. The Hall–Kier alpha value is -1.29. The van der Waals surface area contributed by atoms with E-state index < -0.39 is 0 Å². The van der Waals surface area contributed by atoms with Crippen molar-refractivity contribution in [3.05, 3.63) is 24.2 Å². The average Bonchev–Trinajstić information content (AvgIpc) is 3.25. The highest BCUT2D eigenvalue weighted by atomic mass is 127. The van der Waals surface area contributed by atoms with Crippen LogP contribution in [-0.2, 0) is 4.74 Å².